The Kier molecular flexibility index (Phi) is 6.07. The normalized spacial score (nSPS) is 11.0. The lowest BCUT2D eigenvalue weighted by Crippen LogP contribution is -2.26. The highest BCUT2D eigenvalue weighted by Gasteiger charge is 2.11. The zero-order valence-electron chi connectivity index (χ0n) is 16.3. The summed E-state index contributed by atoms with van der Waals surface area (Å²) < 4.78 is 1.85. The van der Waals surface area contributed by atoms with Crippen molar-refractivity contribution < 1.29 is 4.79 Å². The fourth-order valence-electron chi connectivity index (χ4n) is 3.02. The molecule has 0 radical (unpaired) electrons. The van der Waals surface area contributed by atoms with Gasteiger partial charge in [-0.3, -0.25) is 4.79 Å². The first-order valence-electron chi connectivity index (χ1n) is 9.44. The molecule has 1 aromatic heterocycles. The van der Waals surface area contributed by atoms with Crippen molar-refractivity contribution >= 4 is 5.91 Å². The number of aromatic nitrogens is 2. The number of para-hydroxylation sites is 1. The summed E-state index contributed by atoms with van der Waals surface area (Å²) in [5.74, 6) is 0.672. The molecule has 0 unspecified atom stereocenters. The van der Waals surface area contributed by atoms with E-state index in [1.807, 2.05) is 54.5 Å². The predicted octanol–water partition coefficient (Wildman–Crippen LogP) is 4.59. The van der Waals surface area contributed by atoms with Gasteiger partial charge in [-0.2, -0.15) is 5.10 Å². The second-order valence-electron chi connectivity index (χ2n) is 7.27. The quantitative estimate of drug-likeness (QED) is 0.617. The lowest BCUT2D eigenvalue weighted by atomic mass is 10.0. The number of carbonyl (C=O) groups excluding carboxylic acids is 1. The van der Waals surface area contributed by atoms with E-state index in [-0.39, 0.29) is 5.91 Å². The van der Waals surface area contributed by atoms with E-state index in [0.29, 0.717) is 25.3 Å². The number of amides is 1. The highest BCUT2D eigenvalue weighted by Crippen LogP contribution is 2.16. The Bertz CT molecular complexity index is 866. The van der Waals surface area contributed by atoms with Crippen LogP contribution in [0.1, 0.15) is 42.9 Å². The molecular formula is C23H27N3O. The van der Waals surface area contributed by atoms with Crippen molar-refractivity contribution in [1.29, 1.82) is 0 Å². The van der Waals surface area contributed by atoms with Crippen molar-refractivity contribution in [3.63, 3.8) is 0 Å². The Morgan fingerprint density at radius 3 is 2.41 bits per heavy atom. The van der Waals surface area contributed by atoms with Gasteiger partial charge in [0.25, 0.3) is 0 Å². The van der Waals surface area contributed by atoms with Crippen LogP contribution in [0, 0.1) is 0 Å². The standard InChI is InChI=1S/C23H27N3O/c1-18(2)21-12-9-19(10-13-21)16-25(3)23(27)14-11-20-15-24-26(17-20)22-7-5-4-6-8-22/h4-10,12-13,15,17-18H,11,14,16H2,1-3H3. The monoisotopic (exact) mass is 361 g/mol. The number of hydrogen-bond donors (Lipinski definition) is 0. The Morgan fingerprint density at radius 1 is 1.04 bits per heavy atom. The van der Waals surface area contributed by atoms with E-state index in [1.165, 1.54) is 5.56 Å². The SMILES string of the molecule is CC(C)c1ccc(CN(C)C(=O)CCc2cnn(-c3ccccc3)c2)cc1. The third kappa shape index (κ3) is 5.07. The Hall–Kier alpha value is -2.88. The van der Waals surface area contributed by atoms with E-state index in [0.717, 1.165) is 16.8 Å². The van der Waals surface area contributed by atoms with Gasteiger partial charge >= 0.3 is 0 Å². The molecule has 0 aliphatic rings. The number of hydrogen-bond acceptors (Lipinski definition) is 2. The molecule has 27 heavy (non-hydrogen) atoms. The molecule has 0 bridgehead atoms. The van der Waals surface area contributed by atoms with E-state index in [4.69, 9.17) is 0 Å². The summed E-state index contributed by atoms with van der Waals surface area (Å²) in [5, 5.41) is 4.39. The molecule has 0 spiro atoms. The number of aryl methyl sites for hydroxylation is 1. The Labute approximate surface area is 161 Å². The second-order valence-corrected chi connectivity index (χ2v) is 7.27. The highest BCUT2D eigenvalue weighted by atomic mass is 16.2. The van der Waals surface area contributed by atoms with Crippen LogP contribution in [0.3, 0.4) is 0 Å². The largest absolute Gasteiger partial charge is 0.341 e. The Balaban J connectivity index is 1.52. The molecule has 140 valence electrons. The second kappa shape index (κ2) is 8.67. The van der Waals surface area contributed by atoms with Crippen LogP contribution in [0.4, 0.5) is 0 Å². The van der Waals surface area contributed by atoms with Crippen molar-refractivity contribution in [2.45, 2.75) is 39.2 Å². The van der Waals surface area contributed by atoms with Gasteiger partial charge in [0, 0.05) is 26.2 Å². The van der Waals surface area contributed by atoms with Crippen LogP contribution in [-0.2, 0) is 17.8 Å². The zero-order valence-corrected chi connectivity index (χ0v) is 16.3. The molecule has 0 saturated carbocycles. The molecule has 3 rings (SSSR count). The first kappa shape index (κ1) is 18.9. The first-order valence-corrected chi connectivity index (χ1v) is 9.44. The van der Waals surface area contributed by atoms with E-state index < -0.39 is 0 Å². The number of rotatable bonds is 7. The number of carbonyl (C=O) groups is 1. The van der Waals surface area contributed by atoms with Crippen molar-refractivity contribution in [3.8, 4) is 5.69 Å². The maximum absolute atomic E-state index is 12.5. The minimum atomic E-state index is 0.149. The molecule has 4 heteroatoms. The van der Waals surface area contributed by atoms with Gasteiger partial charge in [-0.1, -0.05) is 56.3 Å². The van der Waals surface area contributed by atoms with Gasteiger partial charge in [0.1, 0.15) is 0 Å². The van der Waals surface area contributed by atoms with E-state index in [2.05, 4.69) is 43.2 Å². The van der Waals surface area contributed by atoms with E-state index in [9.17, 15) is 4.79 Å². The van der Waals surface area contributed by atoms with Crippen LogP contribution in [-0.4, -0.2) is 27.6 Å². The summed E-state index contributed by atoms with van der Waals surface area (Å²) in [6.07, 6.45) is 5.02. The fourth-order valence-corrected chi connectivity index (χ4v) is 3.02. The molecule has 1 amide bonds. The Morgan fingerprint density at radius 2 is 1.74 bits per heavy atom. The third-order valence-electron chi connectivity index (χ3n) is 4.78. The average molecular weight is 361 g/mol. The number of benzene rings is 2. The van der Waals surface area contributed by atoms with E-state index in [1.54, 1.807) is 4.90 Å². The van der Waals surface area contributed by atoms with Crippen LogP contribution in [0.2, 0.25) is 0 Å². The molecular weight excluding hydrogens is 334 g/mol. The first-order chi connectivity index (χ1) is 13.0. The van der Waals surface area contributed by atoms with Crippen molar-refractivity contribution in [1.82, 2.24) is 14.7 Å². The van der Waals surface area contributed by atoms with Crippen molar-refractivity contribution in [2.24, 2.45) is 0 Å². The molecule has 0 fully saturated rings. The summed E-state index contributed by atoms with van der Waals surface area (Å²) >= 11 is 0. The molecule has 4 nitrogen and oxygen atoms in total. The fraction of sp³-hybridized carbons (Fsp3) is 0.304. The van der Waals surface area contributed by atoms with Gasteiger partial charge in [-0.05, 0) is 41.2 Å². The maximum atomic E-state index is 12.5. The third-order valence-corrected chi connectivity index (χ3v) is 4.78. The summed E-state index contributed by atoms with van der Waals surface area (Å²) in [4.78, 5) is 14.3. The smallest absolute Gasteiger partial charge is 0.222 e. The topological polar surface area (TPSA) is 38.1 Å². The van der Waals surface area contributed by atoms with Gasteiger partial charge in [0.2, 0.25) is 5.91 Å². The molecule has 2 aromatic carbocycles. The lowest BCUT2D eigenvalue weighted by molar-refractivity contribution is -0.130. The van der Waals surface area contributed by atoms with Gasteiger partial charge in [0.15, 0.2) is 0 Å². The maximum Gasteiger partial charge on any atom is 0.222 e. The van der Waals surface area contributed by atoms with Gasteiger partial charge in [-0.25, -0.2) is 4.68 Å². The van der Waals surface area contributed by atoms with Crippen LogP contribution < -0.4 is 0 Å². The molecule has 0 N–H and O–H groups in total. The zero-order chi connectivity index (χ0) is 19.2. The highest BCUT2D eigenvalue weighted by molar-refractivity contribution is 5.76. The molecule has 0 atom stereocenters. The molecule has 1 heterocycles. The van der Waals surface area contributed by atoms with E-state index >= 15 is 0 Å². The predicted molar refractivity (Wildman–Crippen MR) is 109 cm³/mol. The summed E-state index contributed by atoms with van der Waals surface area (Å²) in [6, 6.07) is 18.5. The van der Waals surface area contributed by atoms with Crippen LogP contribution >= 0.6 is 0 Å². The van der Waals surface area contributed by atoms with Crippen LogP contribution in [0.15, 0.2) is 67.0 Å². The molecule has 0 aliphatic heterocycles. The summed E-state index contributed by atoms with van der Waals surface area (Å²) in [5.41, 5.74) is 4.58. The summed E-state index contributed by atoms with van der Waals surface area (Å²) in [6.45, 7) is 5.01. The minimum Gasteiger partial charge on any atom is -0.341 e. The average Bonchev–Trinajstić information content (AvgIpc) is 3.16. The molecule has 3 aromatic rings. The van der Waals surface area contributed by atoms with Gasteiger partial charge in [0.05, 0.1) is 11.9 Å². The van der Waals surface area contributed by atoms with Crippen molar-refractivity contribution in [3.05, 3.63) is 83.7 Å². The van der Waals surface area contributed by atoms with Crippen LogP contribution in [0.25, 0.3) is 5.69 Å². The lowest BCUT2D eigenvalue weighted by Gasteiger charge is -2.17. The van der Waals surface area contributed by atoms with Gasteiger partial charge in [-0.15, -0.1) is 0 Å². The molecule has 0 aliphatic carbocycles. The minimum absolute atomic E-state index is 0.149. The number of nitrogens with zero attached hydrogens (tertiary/aromatic N) is 3. The van der Waals surface area contributed by atoms with Gasteiger partial charge < -0.3 is 4.90 Å². The van der Waals surface area contributed by atoms with Crippen molar-refractivity contribution in [2.75, 3.05) is 7.05 Å². The molecule has 0 saturated heterocycles. The summed E-state index contributed by atoms with van der Waals surface area (Å²) in [7, 11) is 1.87. The van der Waals surface area contributed by atoms with Crippen LogP contribution in [0.5, 0.6) is 0 Å².